The first-order valence-electron chi connectivity index (χ1n) is 27.8. The normalized spacial score (nSPS) is 15.7. The predicted molar refractivity (Wildman–Crippen MR) is 273 cm³/mol. The highest BCUT2D eigenvalue weighted by atomic mass is 16.6. The van der Waals surface area contributed by atoms with E-state index in [-0.39, 0.29) is 36.1 Å². The largest absolute Gasteiger partial charge is 0.465 e. The molecule has 1 fully saturated rings. The molecule has 0 amide bonds. The molecule has 1 aliphatic rings. The van der Waals surface area contributed by atoms with Gasteiger partial charge in [0.15, 0.2) is 0 Å². The van der Waals surface area contributed by atoms with Crippen LogP contribution in [0.3, 0.4) is 0 Å². The van der Waals surface area contributed by atoms with Crippen LogP contribution in [-0.2, 0) is 38.1 Å². The van der Waals surface area contributed by atoms with Crippen molar-refractivity contribution in [1.29, 1.82) is 0 Å². The molecule has 0 N–H and O–H groups in total. The van der Waals surface area contributed by atoms with Gasteiger partial charge in [-0.2, -0.15) is 0 Å². The van der Waals surface area contributed by atoms with Crippen LogP contribution >= 0.6 is 0 Å². The molecule has 0 radical (unpaired) electrons. The third-order valence-electron chi connectivity index (χ3n) is 13.8. The number of hydrogen-bond acceptors (Lipinski definition) is 10. The van der Waals surface area contributed by atoms with Gasteiger partial charge in [-0.1, -0.05) is 162 Å². The van der Waals surface area contributed by atoms with Crippen LogP contribution in [0.25, 0.3) is 0 Å². The van der Waals surface area contributed by atoms with Crippen LogP contribution in [0.1, 0.15) is 260 Å². The number of carbonyl (C=O) groups excluding carboxylic acids is 4. The molecule has 1 unspecified atom stereocenters. The predicted octanol–water partition coefficient (Wildman–Crippen LogP) is 14.1. The highest BCUT2D eigenvalue weighted by Gasteiger charge is 2.40. The fourth-order valence-electron chi connectivity index (χ4n) is 9.03. The van der Waals surface area contributed by atoms with Gasteiger partial charge in [0.2, 0.25) is 0 Å². The minimum absolute atomic E-state index is 0.0202. The van der Waals surface area contributed by atoms with Gasteiger partial charge in [-0.3, -0.25) is 24.1 Å². The van der Waals surface area contributed by atoms with Gasteiger partial charge in [0.25, 0.3) is 0 Å². The van der Waals surface area contributed by atoms with Gasteiger partial charge < -0.3 is 23.8 Å². The molecular weight excluding hydrogens is 829 g/mol. The molecule has 1 heterocycles. The average Bonchev–Trinajstić information content (AvgIpc) is 3.68. The molecular formula is C56H106N2O8. The van der Waals surface area contributed by atoms with Gasteiger partial charge in [0.1, 0.15) is 18.2 Å². The number of likely N-dealkylation sites (tertiary alicyclic amines) is 1. The summed E-state index contributed by atoms with van der Waals surface area (Å²) in [5.74, 6) is -0.709. The summed E-state index contributed by atoms with van der Waals surface area (Å²) < 4.78 is 23.6. The van der Waals surface area contributed by atoms with Crippen LogP contribution in [-0.4, -0.2) is 98.9 Å². The van der Waals surface area contributed by atoms with E-state index in [9.17, 15) is 19.2 Å². The molecule has 1 rings (SSSR count). The lowest BCUT2D eigenvalue weighted by Gasteiger charge is -2.27. The second kappa shape index (κ2) is 38.6. The molecule has 1 aliphatic heterocycles. The first kappa shape index (κ1) is 61.8. The van der Waals surface area contributed by atoms with Crippen LogP contribution in [0.4, 0.5) is 0 Å². The maximum Gasteiger partial charge on any atom is 0.323 e. The van der Waals surface area contributed by atoms with Crippen molar-refractivity contribution in [2.45, 2.75) is 279 Å². The topological polar surface area (TPSA) is 112 Å². The number of nitrogens with zero attached hydrogens (tertiary/aromatic N) is 2. The summed E-state index contributed by atoms with van der Waals surface area (Å²) in [4.78, 5) is 56.7. The molecule has 0 aliphatic carbocycles. The second-order valence-electron chi connectivity index (χ2n) is 21.6. The lowest BCUT2D eigenvalue weighted by molar-refractivity contribution is -0.161. The Morgan fingerprint density at radius 3 is 1.52 bits per heavy atom. The number of carbonyl (C=O) groups is 4. The van der Waals surface area contributed by atoms with Crippen LogP contribution in [0, 0.1) is 10.8 Å². The van der Waals surface area contributed by atoms with Gasteiger partial charge in [0, 0.05) is 19.5 Å². The van der Waals surface area contributed by atoms with Gasteiger partial charge in [-0.15, -0.1) is 0 Å². The molecule has 66 heavy (non-hydrogen) atoms. The summed E-state index contributed by atoms with van der Waals surface area (Å²) in [6.45, 7) is 17.3. The Morgan fingerprint density at radius 2 is 1.00 bits per heavy atom. The molecule has 0 aromatic heterocycles. The Hall–Kier alpha value is -2.20. The van der Waals surface area contributed by atoms with Crippen LogP contribution in [0.2, 0.25) is 0 Å². The minimum Gasteiger partial charge on any atom is -0.465 e. The van der Waals surface area contributed by atoms with Crippen molar-refractivity contribution in [1.82, 2.24) is 9.80 Å². The standard InChI is InChI=1S/C56H106N2O8/c1-10-13-16-19-22-23-24-28-36-45-64-53(61)55(4,5)41-33-34-42-58-47-49(65-51(59)39-43-57(8)9)46-50(58)52(60)63-44-35-29-27-32-40-56(6,7)54(62)66-48(37-30-25-20-17-14-11-2)38-31-26-21-18-15-12-3/h48-50H,10-47H2,1-9H3/t49?,50-/m0/s1. The van der Waals surface area contributed by atoms with Gasteiger partial charge >= 0.3 is 23.9 Å². The molecule has 0 aromatic carbocycles. The Bertz CT molecular complexity index is 1220. The molecule has 1 saturated heterocycles. The number of unbranched alkanes of at least 4 members (excludes halogenated alkanes) is 22. The molecule has 0 saturated carbocycles. The van der Waals surface area contributed by atoms with E-state index in [0.717, 1.165) is 83.5 Å². The maximum atomic E-state index is 13.5. The summed E-state index contributed by atoms with van der Waals surface area (Å²) in [5.41, 5.74) is -1.11. The Labute approximate surface area is 406 Å². The number of ether oxygens (including phenoxy) is 4. The average molecular weight is 935 g/mol. The zero-order chi connectivity index (χ0) is 48.9. The van der Waals surface area contributed by atoms with Crippen LogP contribution in [0.5, 0.6) is 0 Å². The van der Waals surface area contributed by atoms with E-state index >= 15 is 0 Å². The monoisotopic (exact) mass is 935 g/mol. The van der Waals surface area contributed by atoms with Crippen molar-refractivity contribution in [2.24, 2.45) is 10.8 Å². The highest BCUT2D eigenvalue weighted by molar-refractivity contribution is 5.77. The molecule has 10 nitrogen and oxygen atoms in total. The summed E-state index contributed by atoms with van der Waals surface area (Å²) in [6, 6.07) is -0.469. The molecule has 2 atom stereocenters. The summed E-state index contributed by atoms with van der Waals surface area (Å²) in [7, 11) is 3.86. The molecule has 10 heteroatoms. The van der Waals surface area contributed by atoms with E-state index in [1.807, 2.05) is 46.7 Å². The molecule has 0 bridgehead atoms. The third-order valence-corrected chi connectivity index (χ3v) is 13.8. The zero-order valence-corrected chi connectivity index (χ0v) is 44.8. The molecule has 388 valence electrons. The molecule has 0 aromatic rings. The highest BCUT2D eigenvalue weighted by Crippen LogP contribution is 2.30. The Kier molecular flexibility index (Phi) is 36.2. The first-order chi connectivity index (χ1) is 31.7. The van der Waals surface area contributed by atoms with E-state index in [1.54, 1.807) is 0 Å². The van der Waals surface area contributed by atoms with E-state index in [4.69, 9.17) is 18.9 Å². The fourth-order valence-corrected chi connectivity index (χ4v) is 9.03. The van der Waals surface area contributed by atoms with Gasteiger partial charge in [-0.05, 0) is 106 Å². The first-order valence-corrected chi connectivity index (χ1v) is 27.8. The molecule has 0 spiro atoms. The van der Waals surface area contributed by atoms with Crippen molar-refractivity contribution in [3.8, 4) is 0 Å². The zero-order valence-electron chi connectivity index (χ0n) is 44.8. The second-order valence-corrected chi connectivity index (χ2v) is 21.6. The summed E-state index contributed by atoms with van der Waals surface area (Å²) in [6.07, 6.45) is 35.0. The minimum atomic E-state index is -0.574. The lowest BCUT2D eigenvalue weighted by Crippen LogP contribution is -2.38. The van der Waals surface area contributed by atoms with Crippen molar-refractivity contribution < 1.29 is 38.1 Å². The maximum absolute atomic E-state index is 13.5. The fraction of sp³-hybridized carbons (Fsp3) is 0.929. The van der Waals surface area contributed by atoms with E-state index in [2.05, 4.69) is 25.7 Å². The smallest absolute Gasteiger partial charge is 0.323 e. The van der Waals surface area contributed by atoms with E-state index in [0.29, 0.717) is 52.1 Å². The Morgan fingerprint density at radius 1 is 0.561 bits per heavy atom. The van der Waals surface area contributed by atoms with Crippen molar-refractivity contribution in [3.05, 3.63) is 0 Å². The lowest BCUT2D eigenvalue weighted by atomic mass is 9.86. The summed E-state index contributed by atoms with van der Waals surface area (Å²) >= 11 is 0. The van der Waals surface area contributed by atoms with Crippen LogP contribution in [0.15, 0.2) is 0 Å². The Balaban J connectivity index is 2.56. The summed E-state index contributed by atoms with van der Waals surface area (Å²) in [5, 5.41) is 0. The number of rotatable bonds is 44. The third kappa shape index (κ3) is 31.0. The van der Waals surface area contributed by atoms with Crippen molar-refractivity contribution in [2.75, 3.05) is 46.9 Å². The SMILES string of the molecule is CCCCCCCCCCCOC(=O)C(C)(C)CCCCN1CC(OC(=O)CCN(C)C)C[C@H]1C(=O)OCCCCCCC(C)(C)C(=O)OC(CCCCCCCC)CCCCCCCC. The van der Waals surface area contributed by atoms with E-state index in [1.165, 1.54) is 109 Å². The van der Waals surface area contributed by atoms with Crippen molar-refractivity contribution in [3.63, 3.8) is 0 Å². The van der Waals surface area contributed by atoms with Crippen LogP contribution < -0.4 is 0 Å². The van der Waals surface area contributed by atoms with E-state index < -0.39 is 16.9 Å². The quantitative estimate of drug-likeness (QED) is 0.0332. The number of hydrogen-bond donors (Lipinski definition) is 0. The van der Waals surface area contributed by atoms with Gasteiger partial charge in [0.05, 0.1) is 30.5 Å². The van der Waals surface area contributed by atoms with Gasteiger partial charge in [-0.25, -0.2) is 0 Å². The number of esters is 4. The van der Waals surface area contributed by atoms with Crippen molar-refractivity contribution >= 4 is 23.9 Å².